The molecule has 0 bridgehead atoms. The number of nitrogens with two attached hydrogens (primary N) is 1. The summed E-state index contributed by atoms with van der Waals surface area (Å²) in [6, 6.07) is -0.546. The maximum absolute atomic E-state index is 11.0. The van der Waals surface area contributed by atoms with Crippen LogP contribution in [0.5, 0.6) is 0 Å². The van der Waals surface area contributed by atoms with Gasteiger partial charge in [0, 0.05) is 6.04 Å². The molecule has 5 nitrogen and oxygen atoms in total. The Bertz CT molecular complexity index is 219. The lowest BCUT2D eigenvalue weighted by Crippen LogP contribution is -2.43. The molecule has 15 heavy (non-hydrogen) atoms. The first kappa shape index (κ1) is 13.9. The Hall–Kier alpha value is -1.10. The molecule has 5 heteroatoms. The quantitative estimate of drug-likeness (QED) is 0.606. The topological polar surface area (TPSA) is 84.2 Å². The summed E-state index contributed by atoms with van der Waals surface area (Å²) in [5.74, 6) is 0.241. The number of hydrogen-bond acceptors (Lipinski definition) is 3. The minimum Gasteiger partial charge on any atom is -0.351 e. The third-order valence-corrected chi connectivity index (χ3v) is 2.33. The molecule has 0 heterocycles. The van der Waals surface area contributed by atoms with E-state index < -0.39 is 11.9 Å². The number of primary amides is 1. The van der Waals surface area contributed by atoms with Gasteiger partial charge in [0.05, 0.1) is 6.54 Å². The van der Waals surface area contributed by atoms with E-state index in [4.69, 9.17) is 5.73 Å². The normalized spacial score (nSPS) is 14.3. The second kappa shape index (κ2) is 7.23. The molecule has 0 saturated carbocycles. The van der Waals surface area contributed by atoms with Crippen LogP contribution in [0.15, 0.2) is 0 Å². The number of rotatable bonds is 6. The fraction of sp³-hybridized carbons (Fsp3) is 0.800. The SMILES string of the molecule is CCC(C)CC(C)NCC(=O)NC(N)=O. The second-order valence-corrected chi connectivity index (χ2v) is 3.94. The largest absolute Gasteiger partial charge is 0.351 e. The highest BCUT2D eigenvalue weighted by atomic mass is 16.2. The van der Waals surface area contributed by atoms with Crippen molar-refractivity contribution in [3.63, 3.8) is 0 Å². The Morgan fingerprint density at radius 1 is 1.33 bits per heavy atom. The van der Waals surface area contributed by atoms with Gasteiger partial charge in [0.15, 0.2) is 0 Å². The molecule has 0 aliphatic heterocycles. The van der Waals surface area contributed by atoms with Crippen molar-refractivity contribution < 1.29 is 9.59 Å². The van der Waals surface area contributed by atoms with Crippen molar-refractivity contribution in [1.82, 2.24) is 10.6 Å². The van der Waals surface area contributed by atoms with Gasteiger partial charge in [-0.2, -0.15) is 0 Å². The van der Waals surface area contributed by atoms with Gasteiger partial charge in [-0.15, -0.1) is 0 Å². The van der Waals surface area contributed by atoms with E-state index in [1.807, 2.05) is 12.2 Å². The van der Waals surface area contributed by atoms with Crippen LogP contribution in [0.1, 0.15) is 33.6 Å². The lowest BCUT2D eigenvalue weighted by Gasteiger charge is -2.16. The van der Waals surface area contributed by atoms with Gasteiger partial charge in [0.2, 0.25) is 5.91 Å². The molecule has 3 amide bonds. The van der Waals surface area contributed by atoms with Crippen molar-refractivity contribution >= 4 is 11.9 Å². The third kappa shape index (κ3) is 7.93. The molecule has 0 aliphatic carbocycles. The number of imide groups is 1. The highest BCUT2D eigenvalue weighted by molar-refractivity contribution is 5.94. The van der Waals surface area contributed by atoms with Crippen LogP contribution in [0.3, 0.4) is 0 Å². The van der Waals surface area contributed by atoms with Crippen LogP contribution in [-0.2, 0) is 4.79 Å². The molecule has 0 aromatic rings. The highest BCUT2D eigenvalue weighted by Gasteiger charge is 2.09. The summed E-state index contributed by atoms with van der Waals surface area (Å²) in [5, 5.41) is 5.04. The molecular weight excluding hydrogens is 194 g/mol. The Morgan fingerprint density at radius 2 is 1.93 bits per heavy atom. The van der Waals surface area contributed by atoms with Gasteiger partial charge in [-0.1, -0.05) is 20.3 Å². The molecule has 2 unspecified atom stereocenters. The van der Waals surface area contributed by atoms with E-state index >= 15 is 0 Å². The average molecular weight is 215 g/mol. The van der Waals surface area contributed by atoms with E-state index in [0.717, 1.165) is 12.8 Å². The molecule has 4 N–H and O–H groups in total. The Labute approximate surface area is 90.8 Å². The number of urea groups is 1. The van der Waals surface area contributed by atoms with Gasteiger partial charge >= 0.3 is 6.03 Å². The van der Waals surface area contributed by atoms with Crippen LogP contribution in [0.25, 0.3) is 0 Å². The molecular formula is C10H21N3O2. The van der Waals surface area contributed by atoms with Gasteiger partial charge in [-0.05, 0) is 19.3 Å². The summed E-state index contributed by atoms with van der Waals surface area (Å²) in [6.45, 7) is 6.45. The number of carbonyl (C=O) groups is 2. The molecule has 0 aromatic heterocycles. The summed E-state index contributed by atoms with van der Waals surface area (Å²) in [6.07, 6.45) is 2.14. The van der Waals surface area contributed by atoms with Gasteiger partial charge in [-0.25, -0.2) is 4.79 Å². The van der Waals surface area contributed by atoms with Crippen molar-refractivity contribution in [1.29, 1.82) is 0 Å². The van der Waals surface area contributed by atoms with Crippen LogP contribution in [-0.4, -0.2) is 24.5 Å². The summed E-state index contributed by atoms with van der Waals surface area (Å²) in [7, 11) is 0. The Balaban J connectivity index is 3.66. The van der Waals surface area contributed by atoms with E-state index in [-0.39, 0.29) is 12.6 Å². The van der Waals surface area contributed by atoms with Crippen molar-refractivity contribution in [2.75, 3.05) is 6.54 Å². The Kier molecular flexibility index (Phi) is 6.70. The summed E-state index contributed by atoms with van der Waals surface area (Å²) < 4.78 is 0. The zero-order valence-corrected chi connectivity index (χ0v) is 9.67. The third-order valence-electron chi connectivity index (χ3n) is 2.33. The molecule has 0 spiro atoms. The van der Waals surface area contributed by atoms with Crippen LogP contribution < -0.4 is 16.4 Å². The Morgan fingerprint density at radius 3 is 2.40 bits per heavy atom. The minimum atomic E-state index is -0.809. The van der Waals surface area contributed by atoms with E-state index in [1.54, 1.807) is 0 Å². The number of amides is 3. The highest BCUT2D eigenvalue weighted by Crippen LogP contribution is 2.08. The van der Waals surface area contributed by atoms with E-state index in [1.165, 1.54) is 0 Å². The lowest BCUT2D eigenvalue weighted by molar-refractivity contribution is -0.119. The zero-order chi connectivity index (χ0) is 11.8. The maximum Gasteiger partial charge on any atom is 0.318 e. The smallest absolute Gasteiger partial charge is 0.318 e. The van der Waals surface area contributed by atoms with Crippen molar-refractivity contribution in [2.24, 2.45) is 11.7 Å². The van der Waals surface area contributed by atoms with E-state index in [0.29, 0.717) is 5.92 Å². The summed E-state index contributed by atoms with van der Waals surface area (Å²) >= 11 is 0. The number of carbonyl (C=O) groups excluding carboxylic acids is 2. The van der Waals surface area contributed by atoms with Gasteiger partial charge < -0.3 is 11.1 Å². The van der Waals surface area contributed by atoms with E-state index in [9.17, 15) is 9.59 Å². The second-order valence-electron chi connectivity index (χ2n) is 3.94. The predicted octanol–water partition coefficient (Wildman–Crippen LogP) is 0.596. The first-order chi connectivity index (χ1) is 6.95. The molecule has 0 radical (unpaired) electrons. The maximum atomic E-state index is 11.0. The fourth-order valence-corrected chi connectivity index (χ4v) is 1.30. The lowest BCUT2D eigenvalue weighted by atomic mass is 10.0. The average Bonchev–Trinajstić information content (AvgIpc) is 2.13. The molecule has 0 saturated heterocycles. The van der Waals surface area contributed by atoms with Crippen molar-refractivity contribution in [2.45, 2.75) is 39.7 Å². The van der Waals surface area contributed by atoms with Crippen LogP contribution in [0, 0.1) is 5.92 Å². The predicted molar refractivity (Wildman–Crippen MR) is 59.3 cm³/mol. The minimum absolute atomic E-state index is 0.126. The molecule has 0 fully saturated rings. The molecule has 2 atom stereocenters. The first-order valence-corrected chi connectivity index (χ1v) is 5.28. The van der Waals surface area contributed by atoms with Gasteiger partial charge in [-0.3, -0.25) is 10.1 Å². The summed E-state index contributed by atoms with van der Waals surface area (Å²) in [4.78, 5) is 21.4. The van der Waals surface area contributed by atoms with Crippen LogP contribution in [0.4, 0.5) is 4.79 Å². The molecule has 0 aliphatic rings. The molecule has 0 rings (SSSR count). The molecule has 0 aromatic carbocycles. The number of nitrogens with one attached hydrogen (secondary N) is 2. The van der Waals surface area contributed by atoms with Crippen molar-refractivity contribution in [3.05, 3.63) is 0 Å². The number of hydrogen-bond donors (Lipinski definition) is 3. The van der Waals surface area contributed by atoms with Crippen LogP contribution >= 0.6 is 0 Å². The van der Waals surface area contributed by atoms with E-state index in [2.05, 4.69) is 19.2 Å². The summed E-state index contributed by atoms with van der Waals surface area (Å²) in [5.41, 5.74) is 4.80. The van der Waals surface area contributed by atoms with Gasteiger partial charge in [0.25, 0.3) is 0 Å². The van der Waals surface area contributed by atoms with Crippen molar-refractivity contribution in [3.8, 4) is 0 Å². The fourth-order valence-electron chi connectivity index (χ4n) is 1.30. The zero-order valence-electron chi connectivity index (χ0n) is 9.67. The molecule has 88 valence electrons. The standard InChI is InChI=1S/C10H21N3O2/c1-4-7(2)5-8(3)12-6-9(14)13-10(11)15/h7-8,12H,4-6H2,1-3H3,(H3,11,13,14,15). The monoisotopic (exact) mass is 215 g/mol. The van der Waals surface area contributed by atoms with Gasteiger partial charge in [0.1, 0.15) is 0 Å². The first-order valence-electron chi connectivity index (χ1n) is 5.28. The van der Waals surface area contributed by atoms with Crippen LogP contribution in [0.2, 0.25) is 0 Å².